The fraction of sp³-hybridized carbons (Fsp3) is 1.00. The Balaban J connectivity index is 2.37. The molecule has 1 saturated carbocycles. The zero-order valence-corrected chi connectivity index (χ0v) is 13.6. The molecule has 114 valence electrons. The van der Waals surface area contributed by atoms with E-state index in [0.717, 1.165) is 18.4 Å². The van der Waals surface area contributed by atoms with Crippen molar-refractivity contribution in [3.63, 3.8) is 0 Å². The number of unbranched alkanes of at least 4 members (excludes halogenated alkanes) is 1. The summed E-state index contributed by atoms with van der Waals surface area (Å²) in [6.07, 6.45) is 11.2. The van der Waals surface area contributed by atoms with Crippen LogP contribution >= 0.6 is 0 Å². The SMILES string of the molecule is COCCCCC1CCCCCC1CNC(C)(C)C. The normalized spacial score (nSPS) is 25.3. The quantitative estimate of drug-likeness (QED) is 0.547. The number of hydrogen-bond donors (Lipinski definition) is 1. The average Bonchev–Trinajstić information content (AvgIpc) is 2.56. The molecule has 0 spiro atoms. The summed E-state index contributed by atoms with van der Waals surface area (Å²) in [5.41, 5.74) is 0.257. The smallest absolute Gasteiger partial charge is 0.0462 e. The van der Waals surface area contributed by atoms with Crippen molar-refractivity contribution in [2.75, 3.05) is 20.3 Å². The zero-order chi connectivity index (χ0) is 14.1. The topological polar surface area (TPSA) is 21.3 Å². The van der Waals surface area contributed by atoms with Gasteiger partial charge >= 0.3 is 0 Å². The van der Waals surface area contributed by atoms with E-state index in [4.69, 9.17) is 4.74 Å². The maximum Gasteiger partial charge on any atom is 0.0462 e. The number of hydrogen-bond acceptors (Lipinski definition) is 2. The standard InChI is InChI=1S/C17H35NO/c1-17(2,3)18-14-16-12-7-5-6-10-15(16)11-8-9-13-19-4/h15-16,18H,5-14H2,1-4H3. The number of nitrogens with one attached hydrogen (secondary N) is 1. The lowest BCUT2D eigenvalue weighted by Crippen LogP contribution is -2.40. The zero-order valence-electron chi connectivity index (χ0n) is 13.6. The molecule has 2 atom stereocenters. The van der Waals surface area contributed by atoms with Crippen LogP contribution in [0.25, 0.3) is 0 Å². The van der Waals surface area contributed by atoms with Crippen molar-refractivity contribution in [1.82, 2.24) is 5.32 Å². The molecular weight excluding hydrogens is 234 g/mol. The molecule has 0 heterocycles. The Hall–Kier alpha value is -0.0800. The Morgan fingerprint density at radius 3 is 2.32 bits per heavy atom. The van der Waals surface area contributed by atoms with Crippen molar-refractivity contribution in [2.45, 2.75) is 77.7 Å². The van der Waals surface area contributed by atoms with E-state index >= 15 is 0 Å². The largest absolute Gasteiger partial charge is 0.385 e. The highest BCUT2D eigenvalue weighted by atomic mass is 16.5. The van der Waals surface area contributed by atoms with Gasteiger partial charge in [0.15, 0.2) is 0 Å². The molecule has 0 radical (unpaired) electrons. The minimum Gasteiger partial charge on any atom is -0.385 e. The second kappa shape index (κ2) is 8.97. The minimum atomic E-state index is 0.257. The highest BCUT2D eigenvalue weighted by molar-refractivity contribution is 4.79. The van der Waals surface area contributed by atoms with E-state index in [1.165, 1.54) is 57.9 Å². The van der Waals surface area contributed by atoms with Crippen LogP contribution in [0.3, 0.4) is 0 Å². The maximum absolute atomic E-state index is 5.16. The van der Waals surface area contributed by atoms with Crippen LogP contribution in [0.5, 0.6) is 0 Å². The highest BCUT2D eigenvalue weighted by Gasteiger charge is 2.24. The van der Waals surface area contributed by atoms with Crippen molar-refractivity contribution < 1.29 is 4.74 Å². The molecule has 0 aromatic carbocycles. The third-order valence-electron chi connectivity index (χ3n) is 4.38. The van der Waals surface area contributed by atoms with Crippen LogP contribution in [0.1, 0.15) is 72.1 Å². The van der Waals surface area contributed by atoms with Crippen molar-refractivity contribution in [3.8, 4) is 0 Å². The van der Waals surface area contributed by atoms with Gasteiger partial charge in [-0.1, -0.05) is 38.5 Å². The van der Waals surface area contributed by atoms with Gasteiger partial charge in [-0.15, -0.1) is 0 Å². The second-order valence-corrected chi connectivity index (χ2v) is 7.28. The lowest BCUT2D eigenvalue weighted by molar-refractivity contribution is 0.184. The number of rotatable bonds is 7. The van der Waals surface area contributed by atoms with Gasteiger partial charge in [0.05, 0.1) is 0 Å². The summed E-state index contributed by atoms with van der Waals surface area (Å²) in [4.78, 5) is 0. The first-order valence-corrected chi connectivity index (χ1v) is 8.27. The third kappa shape index (κ3) is 7.94. The Morgan fingerprint density at radius 2 is 1.68 bits per heavy atom. The predicted octanol–water partition coefficient (Wildman–Crippen LogP) is 4.39. The van der Waals surface area contributed by atoms with Crippen LogP contribution in [0, 0.1) is 11.8 Å². The van der Waals surface area contributed by atoms with Crippen LogP contribution in [0.2, 0.25) is 0 Å². The maximum atomic E-state index is 5.16. The van der Waals surface area contributed by atoms with E-state index in [1.54, 1.807) is 0 Å². The first-order valence-electron chi connectivity index (χ1n) is 8.27. The Bertz CT molecular complexity index is 222. The van der Waals surface area contributed by atoms with E-state index in [0.29, 0.717) is 0 Å². The Labute approximate surface area is 120 Å². The first kappa shape index (κ1) is 17.0. The van der Waals surface area contributed by atoms with E-state index in [-0.39, 0.29) is 5.54 Å². The predicted molar refractivity (Wildman–Crippen MR) is 83.5 cm³/mol. The molecule has 1 aliphatic carbocycles. The van der Waals surface area contributed by atoms with Gasteiger partial charge in [-0.2, -0.15) is 0 Å². The Morgan fingerprint density at radius 1 is 1.00 bits per heavy atom. The van der Waals surface area contributed by atoms with Gasteiger partial charge in [-0.3, -0.25) is 0 Å². The fourth-order valence-electron chi connectivity index (χ4n) is 3.20. The summed E-state index contributed by atoms with van der Waals surface area (Å²) in [6, 6.07) is 0. The van der Waals surface area contributed by atoms with E-state index in [2.05, 4.69) is 26.1 Å². The molecule has 2 unspecified atom stereocenters. The van der Waals surface area contributed by atoms with Crippen molar-refractivity contribution in [3.05, 3.63) is 0 Å². The second-order valence-electron chi connectivity index (χ2n) is 7.28. The summed E-state index contributed by atoms with van der Waals surface area (Å²) < 4.78 is 5.16. The average molecular weight is 269 g/mol. The molecule has 0 aromatic rings. The van der Waals surface area contributed by atoms with Gasteiger partial charge in [0, 0.05) is 19.3 Å². The molecule has 2 heteroatoms. The summed E-state index contributed by atoms with van der Waals surface area (Å²) >= 11 is 0. The first-order chi connectivity index (χ1) is 9.03. The molecule has 1 rings (SSSR count). The summed E-state index contributed by atoms with van der Waals surface area (Å²) in [5, 5.41) is 3.73. The molecule has 1 N–H and O–H groups in total. The van der Waals surface area contributed by atoms with Crippen LogP contribution in [-0.2, 0) is 4.74 Å². The van der Waals surface area contributed by atoms with Crippen LogP contribution in [-0.4, -0.2) is 25.8 Å². The molecule has 1 aliphatic rings. The van der Waals surface area contributed by atoms with Gasteiger partial charge in [0.25, 0.3) is 0 Å². The van der Waals surface area contributed by atoms with E-state index in [1.807, 2.05) is 7.11 Å². The molecule has 2 nitrogen and oxygen atoms in total. The van der Waals surface area contributed by atoms with Gasteiger partial charge in [-0.05, 0) is 52.0 Å². The molecule has 1 fully saturated rings. The molecule has 0 saturated heterocycles. The molecule has 0 aromatic heterocycles. The number of ether oxygens (including phenoxy) is 1. The van der Waals surface area contributed by atoms with Gasteiger partial charge < -0.3 is 10.1 Å². The van der Waals surface area contributed by atoms with Crippen molar-refractivity contribution in [1.29, 1.82) is 0 Å². The fourth-order valence-corrected chi connectivity index (χ4v) is 3.20. The highest BCUT2D eigenvalue weighted by Crippen LogP contribution is 2.32. The van der Waals surface area contributed by atoms with E-state index < -0.39 is 0 Å². The lowest BCUT2D eigenvalue weighted by Gasteiger charge is -2.30. The summed E-state index contributed by atoms with van der Waals surface area (Å²) in [5.74, 6) is 1.83. The summed E-state index contributed by atoms with van der Waals surface area (Å²) in [6.45, 7) is 8.96. The van der Waals surface area contributed by atoms with Gasteiger partial charge in [0.1, 0.15) is 0 Å². The van der Waals surface area contributed by atoms with Crippen LogP contribution in [0.4, 0.5) is 0 Å². The third-order valence-corrected chi connectivity index (χ3v) is 4.38. The number of methoxy groups -OCH3 is 1. The van der Waals surface area contributed by atoms with Crippen LogP contribution < -0.4 is 5.32 Å². The van der Waals surface area contributed by atoms with Crippen molar-refractivity contribution >= 4 is 0 Å². The Kier molecular flexibility index (Phi) is 8.01. The molecule has 0 bridgehead atoms. The van der Waals surface area contributed by atoms with Crippen LogP contribution in [0.15, 0.2) is 0 Å². The molecule has 0 aliphatic heterocycles. The minimum absolute atomic E-state index is 0.257. The molecule has 19 heavy (non-hydrogen) atoms. The van der Waals surface area contributed by atoms with Crippen molar-refractivity contribution in [2.24, 2.45) is 11.8 Å². The lowest BCUT2D eigenvalue weighted by atomic mass is 9.83. The summed E-state index contributed by atoms with van der Waals surface area (Å²) in [7, 11) is 1.81. The molecular formula is C17H35NO. The molecule has 0 amide bonds. The van der Waals surface area contributed by atoms with E-state index in [9.17, 15) is 0 Å². The van der Waals surface area contributed by atoms with Gasteiger partial charge in [0.2, 0.25) is 0 Å². The van der Waals surface area contributed by atoms with Gasteiger partial charge in [-0.25, -0.2) is 0 Å². The monoisotopic (exact) mass is 269 g/mol.